The van der Waals surface area contributed by atoms with E-state index in [1.807, 2.05) is 24.3 Å². The number of carbonyl (C=O) groups is 1. The summed E-state index contributed by atoms with van der Waals surface area (Å²) in [5, 5.41) is 48.3. The lowest BCUT2D eigenvalue weighted by Crippen LogP contribution is -1.97. The van der Waals surface area contributed by atoms with Gasteiger partial charge >= 0.3 is 0 Å². The van der Waals surface area contributed by atoms with E-state index in [-0.39, 0.29) is 0 Å². The van der Waals surface area contributed by atoms with Crippen molar-refractivity contribution >= 4 is 23.6 Å². The zero-order valence-corrected chi connectivity index (χ0v) is 19.9. The Hall–Kier alpha value is -2.80. The molecule has 33 heavy (non-hydrogen) atoms. The van der Waals surface area contributed by atoms with E-state index in [9.17, 15) is 30.3 Å². The van der Waals surface area contributed by atoms with Crippen LogP contribution in [0.15, 0.2) is 35.2 Å². The highest BCUT2D eigenvalue weighted by molar-refractivity contribution is 7.99. The normalized spacial score (nSPS) is 11.3. The number of hydrogen-bond donors (Lipinski definition) is 5. The van der Waals surface area contributed by atoms with Crippen LogP contribution in [0.5, 0.6) is 28.7 Å². The summed E-state index contributed by atoms with van der Waals surface area (Å²) < 4.78 is 0. The second-order valence-electron chi connectivity index (χ2n) is 8.06. The Bertz CT molecular complexity index is 908. The molecule has 0 spiro atoms. The Labute approximate surface area is 199 Å². The summed E-state index contributed by atoms with van der Waals surface area (Å²) >= 11 is 1.80. The third-order valence-corrected chi connectivity index (χ3v) is 6.54. The van der Waals surface area contributed by atoms with Crippen molar-refractivity contribution in [2.24, 2.45) is 0 Å². The molecule has 5 N–H and O–H groups in total. The van der Waals surface area contributed by atoms with Crippen LogP contribution in [-0.4, -0.2) is 37.1 Å². The van der Waals surface area contributed by atoms with Gasteiger partial charge in [-0.2, -0.15) is 0 Å². The molecule has 0 amide bonds. The van der Waals surface area contributed by atoms with Crippen molar-refractivity contribution in [2.45, 2.75) is 69.6 Å². The molecule has 0 saturated carbocycles. The van der Waals surface area contributed by atoms with Gasteiger partial charge in [0.25, 0.3) is 0 Å². The number of phenols is 5. The highest BCUT2D eigenvalue weighted by atomic mass is 32.2. The van der Waals surface area contributed by atoms with Gasteiger partial charge in [0.05, 0.1) is 0 Å². The molecule has 0 aliphatic carbocycles. The lowest BCUT2D eigenvalue weighted by Gasteiger charge is -2.10. The summed E-state index contributed by atoms with van der Waals surface area (Å²) in [4.78, 5) is 13.5. The van der Waals surface area contributed by atoms with E-state index in [0.717, 1.165) is 22.3 Å². The molecular weight excluding hydrogens is 440 g/mol. The number of rotatable bonds is 14. The number of ketones is 1. The van der Waals surface area contributed by atoms with Gasteiger partial charge in [0, 0.05) is 4.90 Å². The molecular formula is C26H34O6S. The molecule has 0 unspecified atom stereocenters. The number of unbranched alkanes of at least 4 members (excludes halogenated alkanes) is 8. The molecule has 0 aliphatic rings. The van der Waals surface area contributed by atoms with E-state index in [4.69, 9.17) is 0 Å². The summed E-state index contributed by atoms with van der Waals surface area (Å²) in [6, 6.07) is 7.65. The predicted molar refractivity (Wildman–Crippen MR) is 133 cm³/mol. The number of thioether (sulfide) groups is 1. The van der Waals surface area contributed by atoms with Crippen molar-refractivity contribution in [3.8, 4) is 28.7 Å². The molecule has 0 aromatic heterocycles. The minimum absolute atomic E-state index is 0.688. The maximum Gasteiger partial charge on any atom is 0.208 e. The SMILES string of the molecule is CCCCCCCCCCCSc1ccc(/C=C/C(=O)c2c(O)c(O)c(O)c(O)c2O)cc1. The topological polar surface area (TPSA) is 118 Å². The van der Waals surface area contributed by atoms with Crippen LogP contribution in [-0.2, 0) is 0 Å². The van der Waals surface area contributed by atoms with Gasteiger partial charge in [-0.15, -0.1) is 11.8 Å². The number of hydrogen-bond acceptors (Lipinski definition) is 7. The zero-order chi connectivity index (χ0) is 24.2. The molecule has 0 saturated heterocycles. The molecule has 2 rings (SSSR count). The van der Waals surface area contributed by atoms with Crippen LogP contribution in [0.4, 0.5) is 0 Å². The number of allylic oxidation sites excluding steroid dienone is 1. The van der Waals surface area contributed by atoms with Crippen molar-refractivity contribution < 1.29 is 30.3 Å². The number of aromatic hydroxyl groups is 5. The van der Waals surface area contributed by atoms with Gasteiger partial charge in [-0.1, -0.05) is 76.5 Å². The molecule has 0 aliphatic heterocycles. The fraction of sp³-hybridized carbons (Fsp3) is 0.423. The Morgan fingerprint density at radius 3 is 1.76 bits per heavy atom. The molecule has 0 radical (unpaired) electrons. The first kappa shape index (κ1) is 26.5. The summed E-state index contributed by atoms with van der Waals surface area (Å²) in [6.45, 7) is 2.24. The van der Waals surface area contributed by atoms with Crippen LogP contribution in [0.1, 0.15) is 80.6 Å². The molecule has 2 aromatic rings. The molecule has 180 valence electrons. The minimum atomic E-state index is -1.10. The smallest absolute Gasteiger partial charge is 0.208 e. The van der Waals surface area contributed by atoms with Crippen LogP contribution in [0.2, 0.25) is 0 Å². The Morgan fingerprint density at radius 2 is 1.21 bits per heavy atom. The van der Waals surface area contributed by atoms with Crippen molar-refractivity contribution in [1.82, 2.24) is 0 Å². The molecule has 0 atom stereocenters. The summed E-state index contributed by atoms with van der Waals surface area (Å²) in [5.74, 6) is -5.01. The molecule has 2 aromatic carbocycles. The van der Waals surface area contributed by atoms with E-state index in [1.54, 1.807) is 11.8 Å². The summed E-state index contributed by atoms with van der Waals surface area (Å²) in [6.07, 6.45) is 14.4. The second-order valence-corrected chi connectivity index (χ2v) is 9.23. The highest BCUT2D eigenvalue weighted by Crippen LogP contribution is 2.50. The average Bonchev–Trinajstić information content (AvgIpc) is 2.82. The summed E-state index contributed by atoms with van der Waals surface area (Å²) in [5.41, 5.74) is 0.0501. The van der Waals surface area contributed by atoms with E-state index in [0.29, 0.717) is 0 Å². The van der Waals surface area contributed by atoms with Gasteiger partial charge in [-0.25, -0.2) is 0 Å². The van der Waals surface area contributed by atoms with Gasteiger partial charge in [-0.3, -0.25) is 4.79 Å². The van der Waals surface area contributed by atoms with E-state index in [2.05, 4.69) is 6.92 Å². The molecule has 6 nitrogen and oxygen atoms in total. The van der Waals surface area contributed by atoms with Gasteiger partial charge in [0.1, 0.15) is 5.56 Å². The third-order valence-electron chi connectivity index (χ3n) is 5.44. The standard InChI is InChI=1S/C26H34O6S/c1-2-3-4-5-6-7-8-9-10-17-33-19-14-11-18(12-15-19)13-16-20(27)21-22(28)24(30)26(32)25(31)23(21)29/h11-16,28-32H,2-10,17H2,1H3/b16-13+. The zero-order valence-electron chi connectivity index (χ0n) is 19.1. The van der Waals surface area contributed by atoms with Gasteiger partial charge in [-0.05, 0) is 35.9 Å². The molecule has 0 heterocycles. The number of phenolic OH excluding ortho intramolecular Hbond substituents is 5. The Kier molecular flexibility index (Phi) is 11.0. The van der Waals surface area contributed by atoms with Crippen molar-refractivity contribution in [2.75, 3.05) is 5.75 Å². The van der Waals surface area contributed by atoms with Crippen molar-refractivity contribution in [3.05, 3.63) is 41.5 Å². The lowest BCUT2D eigenvalue weighted by molar-refractivity contribution is 0.104. The molecule has 7 heteroatoms. The van der Waals surface area contributed by atoms with Crippen molar-refractivity contribution in [1.29, 1.82) is 0 Å². The summed E-state index contributed by atoms with van der Waals surface area (Å²) in [7, 11) is 0. The van der Waals surface area contributed by atoms with Crippen LogP contribution >= 0.6 is 11.8 Å². The minimum Gasteiger partial charge on any atom is -0.504 e. The maximum absolute atomic E-state index is 12.3. The molecule has 0 fully saturated rings. The monoisotopic (exact) mass is 474 g/mol. The third kappa shape index (κ3) is 7.93. The average molecular weight is 475 g/mol. The largest absolute Gasteiger partial charge is 0.504 e. The van der Waals surface area contributed by atoms with E-state index >= 15 is 0 Å². The fourth-order valence-electron chi connectivity index (χ4n) is 3.45. The number of benzene rings is 2. The van der Waals surface area contributed by atoms with Crippen LogP contribution in [0.25, 0.3) is 6.08 Å². The van der Waals surface area contributed by atoms with Gasteiger partial charge in [0.15, 0.2) is 17.3 Å². The Balaban J connectivity index is 1.79. The van der Waals surface area contributed by atoms with Crippen LogP contribution in [0, 0.1) is 0 Å². The lowest BCUT2D eigenvalue weighted by atomic mass is 10.0. The highest BCUT2D eigenvalue weighted by Gasteiger charge is 2.26. The quantitative estimate of drug-likeness (QED) is 0.0514. The van der Waals surface area contributed by atoms with E-state index in [1.165, 1.54) is 63.9 Å². The van der Waals surface area contributed by atoms with E-state index < -0.39 is 40.1 Å². The Morgan fingerprint density at radius 1 is 0.727 bits per heavy atom. The first-order valence-electron chi connectivity index (χ1n) is 11.5. The second kappa shape index (κ2) is 13.7. The first-order chi connectivity index (χ1) is 15.9. The van der Waals surface area contributed by atoms with Crippen LogP contribution in [0.3, 0.4) is 0 Å². The fourth-order valence-corrected chi connectivity index (χ4v) is 4.36. The van der Waals surface area contributed by atoms with Gasteiger partial charge < -0.3 is 25.5 Å². The van der Waals surface area contributed by atoms with Gasteiger partial charge in [0.2, 0.25) is 17.2 Å². The van der Waals surface area contributed by atoms with Crippen LogP contribution < -0.4 is 0 Å². The number of carbonyl (C=O) groups excluding carboxylic acids is 1. The predicted octanol–water partition coefficient (Wildman–Crippen LogP) is 6.73. The first-order valence-corrected chi connectivity index (χ1v) is 12.5. The molecule has 0 bridgehead atoms. The maximum atomic E-state index is 12.3. The van der Waals surface area contributed by atoms with Crippen molar-refractivity contribution in [3.63, 3.8) is 0 Å².